The molecule has 1 saturated heterocycles. The summed E-state index contributed by atoms with van der Waals surface area (Å²) in [5.74, 6) is 0.196. The van der Waals surface area contributed by atoms with Crippen LogP contribution in [0.5, 0.6) is 0 Å². The van der Waals surface area contributed by atoms with E-state index in [1.165, 1.54) is 0 Å². The molecule has 2 aromatic rings. The van der Waals surface area contributed by atoms with Gasteiger partial charge in [0.2, 0.25) is 5.91 Å². The maximum absolute atomic E-state index is 12.8. The SMILES string of the molecule is CC(NC(=O)C(C)N1CCC(C(O)c2ccccc2)CC1)c1ccc(Cl)cc1Cl. The van der Waals surface area contributed by atoms with E-state index in [0.29, 0.717) is 10.0 Å². The largest absolute Gasteiger partial charge is 0.388 e. The Kier molecular flexibility index (Phi) is 7.58. The summed E-state index contributed by atoms with van der Waals surface area (Å²) in [7, 11) is 0. The molecule has 3 atom stereocenters. The highest BCUT2D eigenvalue weighted by atomic mass is 35.5. The van der Waals surface area contributed by atoms with Gasteiger partial charge < -0.3 is 10.4 Å². The number of carbonyl (C=O) groups is 1. The van der Waals surface area contributed by atoms with Crippen molar-refractivity contribution in [2.24, 2.45) is 5.92 Å². The van der Waals surface area contributed by atoms with Crippen LogP contribution in [0.25, 0.3) is 0 Å². The molecule has 1 aliphatic rings. The minimum absolute atomic E-state index is 0.0226. The average molecular weight is 435 g/mol. The van der Waals surface area contributed by atoms with Crippen LogP contribution in [0.4, 0.5) is 0 Å². The number of nitrogens with zero attached hydrogens (tertiary/aromatic N) is 1. The summed E-state index contributed by atoms with van der Waals surface area (Å²) in [4.78, 5) is 15.0. The fourth-order valence-corrected chi connectivity index (χ4v) is 4.55. The number of halogens is 2. The van der Waals surface area contributed by atoms with Gasteiger partial charge in [-0.25, -0.2) is 0 Å². The van der Waals surface area contributed by atoms with Crippen molar-refractivity contribution in [3.63, 3.8) is 0 Å². The number of likely N-dealkylation sites (tertiary alicyclic amines) is 1. The van der Waals surface area contributed by atoms with E-state index in [0.717, 1.165) is 37.1 Å². The molecule has 156 valence electrons. The molecule has 0 aliphatic carbocycles. The number of hydrogen-bond acceptors (Lipinski definition) is 3. The van der Waals surface area contributed by atoms with Gasteiger partial charge in [0.15, 0.2) is 0 Å². The first-order valence-corrected chi connectivity index (χ1v) is 10.8. The molecule has 1 aliphatic heterocycles. The summed E-state index contributed by atoms with van der Waals surface area (Å²) in [5.41, 5.74) is 1.81. The van der Waals surface area contributed by atoms with Crippen molar-refractivity contribution < 1.29 is 9.90 Å². The van der Waals surface area contributed by atoms with Gasteiger partial charge in [-0.2, -0.15) is 0 Å². The molecule has 0 spiro atoms. The van der Waals surface area contributed by atoms with Gasteiger partial charge in [-0.15, -0.1) is 0 Å². The van der Waals surface area contributed by atoms with Crippen molar-refractivity contribution in [1.29, 1.82) is 0 Å². The zero-order valence-corrected chi connectivity index (χ0v) is 18.3. The van der Waals surface area contributed by atoms with Crippen LogP contribution in [0.15, 0.2) is 48.5 Å². The lowest BCUT2D eigenvalue weighted by Crippen LogP contribution is -2.49. The monoisotopic (exact) mass is 434 g/mol. The van der Waals surface area contributed by atoms with Crippen molar-refractivity contribution in [3.05, 3.63) is 69.7 Å². The maximum Gasteiger partial charge on any atom is 0.237 e. The molecule has 3 rings (SSSR count). The van der Waals surface area contributed by atoms with Crippen LogP contribution in [-0.2, 0) is 4.79 Å². The minimum atomic E-state index is -0.449. The Labute approximate surface area is 182 Å². The number of amides is 1. The van der Waals surface area contributed by atoms with Crippen molar-refractivity contribution in [1.82, 2.24) is 10.2 Å². The predicted octanol–water partition coefficient (Wildman–Crippen LogP) is 5.00. The molecule has 29 heavy (non-hydrogen) atoms. The van der Waals surface area contributed by atoms with Crippen LogP contribution in [0.3, 0.4) is 0 Å². The number of nitrogens with one attached hydrogen (secondary N) is 1. The zero-order chi connectivity index (χ0) is 21.0. The fraction of sp³-hybridized carbons (Fsp3) is 0.435. The molecular weight excluding hydrogens is 407 g/mol. The smallest absolute Gasteiger partial charge is 0.237 e. The molecular formula is C23H28Cl2N2O2. The lowest BCUT2D eigenvalue weighted by molar-refractivity contribution is -0.127. The molecule has 0 saturated carbocycles. The molecule has 1 amide bonds. The predicted molar refractivity (Wildman–Crippen MR) is 118 cm³/mol. The summed E-state index contributed by atoms with van der Waals surface area (Å²) in [6.45, 7) is 5.43. The first-order valence-electron chi connectivity index (χ1n) is 10.1. The first-order chi connectivity index (χ1) is 13.9. The number of hydrogen-bond donors (Lipinski definition) is 2. The second kappa shape index (κ2) is 9.94. The van der Waals surface area contributed by atoms with Gasteiger partial charge in [0.05, 0.1) is 18.2 Å². The van der Waals surface area contributed by atoms with Gasteiger partial charge >= 0.3 is 0 Å². The molecule has 0 bridgehead atoms. The number of rotatable bonds is 6. The zero-order valence-electron chi connectivity index (χ0n) is 16.8. The number of aliphatic hydroxyl groups excluding tert-OH is 1. The Morgan fingerprint density at radius 1 is 1.10 bits per heavy atom. The Bertz CT molecular complexity index is 823. The summed E-state index contributed by atoms with van der Waals surface area (Å²) in [6.07, 6.45) is 1.29. The molecule has 0 radical (unpaired) electrons. The standard InChI is InChI=1S/C23H28Cl2N2O2/c1-15(20-9-8-19(24)14-21(20)25)26-23(29)16(2)27-12-10-18(11-13-27)22(28)17-6-4-3-5-7-17/h3-9,14-16,18,22,28H,10-13H2,1-2H3,(H,26,29). The van der Waals surface area contributed by atoms with E-state index in [4.69, 9.17) is 23.2 Å². The Morgan fingerprint density at radius 2 is 1.76 bits per heavy atom. The highest BCUT2D eigenvalue weighted by Gasteiger charge is 2.30. The van der Waals surface area contributed by atoms with Gasteiger partial charge in [-0.1, -0.05) is 59.6 Å². The summed E-state index contributed by atoms with van der Waals surface area (Å²) in [5, 5.41) is 14.8. The fourth-order valence-electron chi connectivity index (χ4n) is 3.98. The minimum Gasteiger partial charge on any atom is -0.388 e. The van der Waals surface area contributed by atoms with Crippen LogP contribution < -0.4 is 5.32 Å². The van der Waals surface area contributed by atoms with Crippen LogP contribution in [0.2, 0.25) is 10.0 Å². The first kappa shape index (κ1) is 22.1. The number of piperidine rings is 1. The average Bonchev–Trinajstić information content (AvgIpc) is 2.73. The van der Waals surface area contributed by atoms with E-state index in [2.05, 4.69) is 10.2 Å². The van der Waals surface area contributed by atoms with Crippen LogP contribution >= 0.6 is 23.2 Å². The molecule has 1 heterocycles. The second-order valence-corrected chi connectivity index (χ2v) is 8.64. The van der Waals surface area contributed by atoms with Crippen molar-refractivity contribution in [2.45, 2.75) is 44.9 Å². The Morgan fingerprint density at radius 3 is 2.38 bits per heavy atom. The van der Waals surface area contributed by atoms with Crippen molar-refractivity contribution in [3.8, 4) is 0 Å². The Balaban J connectivity index is 1.53. The van der Waals surface area contributed by atoms with Crippen molar-refractivity contribution >= 4 is 29.1 Å². The molecule has 1 fully saturated rings. The summed E-state index contributed by atoms with van der Waals surface area (Å²) < 4.78 is 0. The highest BCUT2D eigenvalue weighted by Crippen LogP contribution is 2.31. The van der Waals surface area contributed by atoms with Crippen molar-refractivity contribution in [2.75, 3.05) is 13.1 Å². The Hall–Kier alpha value is -1.59. The summed E-state index contributed by atoms with van der Waals surface area (Å²) >= 11 is 12.2. The van der Waals surface area contributed by atoms with Gasteiger partial charge in [-0.05, 0) is 69.0 Å². The topological polar surface area (TPSA) is 52.6 Å². The third-order valence-electron chi connectivity index (χ3n) is 5.88. The van der Waals surface area contributed by atoms with Gasteiger partial charge in [-0.3, -0.25) is 9.69 Å². The molecule has 0 aromatic heterocycles. The van der Waals surface area contributed by atoms with E-state index >= 15 is 0 Å². The molecule has 6 heteroatoms. The molecule has 2 N–H and O–H groups in total. The maximum atomic E-state index is 12.8. The van der Waals surface area contributed by atoms with E-state index in [-0.39, 0.29) is 23.9 Å². The second-order valence-electron chi connectivity index (χ2n) is 7.80. The number of benzene rings is 2. The van der Waals surface area contributed by atoms with Crippen LogP contribution in [0, 0.1) is 5.92 Å². The normalized spacial score (nSPS) is 18.8. The quantitative estimate of drug-likeness (QED) is 0.671. The highest BCUT2D eigenvalue weighted by molar-refractivity contribution is 6.35. The van der Waals surface area contributed by atoms with Crippen LogP contribution in [0.1, 0.15) is 50.0 Å². The lowest BCUT2D eigenvalue weighted by Gasteiger charge is -2.37. The molecule has 4 nitrogen and oxygen atoms in total. The van der Waals surface area contributed by atoms with Gasteiger partial charge in [0.1, 0.15) is 0 Å². The van der Waals surface area contributed by atoms with Gasteiger partial charge in [0.25, 0.3) is 0 Å². The van der Waals surface area contributed by atoms with E-state index in [1.54, 1.807) is 12.1 Å². The van der Waals surface area contributed by atoms with Crippen LogP contribution in [-0.4, -0.2) is 35.0 Å². The number of carbonyl (C=O) groups excluding carboxylic acids is 1. The number of aliphatic hydroxyl groups is 1. The van der Waals surface area contributed by atoms with E-state index in [9.17, 15) is 9.90 Å². The van der Waals surface area contributed by atoms with Gasteiger partial charge in [0, 0.05) is 10.0 Å². The molecule has 2 aromatic carbocycles. The molecule has 3 unspecified atom stereocenters. The summed E-state index contributed by atoms with van der Waals surface area (Å²) in [6, 6.07) is 14.7. The van der Waals surface area contributed by atoms with E-state index < -0.39 is 6.10 Å². The third kappa shape index (κ3) is 5.52. The third-order valence-corrected chi connectivity index (χ3v) is 6.44. The van der Waals surface area contributed by atoms with E-state index in [1.807, 2.05) is 50.2 Å². The lowest BCUT2D eigenvalue weighted by atomic mass is 9.87.